The van der Waals surface area contributed by atoms with Gasteiger partial charge in [0.05, 0.1) is 11.9 Å². The molecule has 0 atom stereocenters. The van der Waals surface area contributed by atoms with Crippen LogP contribution in [-0.4, -0.2) is 16.9 Å². The van der Waals surface area contributed by atoms with Gasteiger partial charge >= 0.3 is 0 Å². The lowest BCUT2D eigenvalue weighted by Crippen LogP contribution is -2.30. The highest BCUT2D eigenvalue weighted by Crippen LogP contribution is 2.19. The Kier molecular flexibility index (Phi) is 6.43. The van der Waals surface area contributed by atoms with Crippen molar-refractivity contribution in [2.75, 3.05) is 4.90 Å². The first-order chi connectivity index (χ1) is 13.5. The Balaban J connectivity index is 1.67. The number of carbonyl (C=O) groups is 1. The number of rotatable bonds is 7. The number of nitrogens with zero attached hydrogens (tertiary/aromatic N) is 2. The minimum atomic E-state index is -0.158. The molecule has 1 N–H and O–H groups in total. The fourth-order valence-electron chi connectivity index (χ4n) is 3.12. The summed E-state index contributed by atoms with van der Waals surface area (Å²) in [5, 5.41) is 2.95. The van der Waals surface area contributed by atoms with Crippen molar-refractivity contribution < 1.29 is 4.79 Å². The largest absolute Gasteiger partial charge is 0.364 e. The number of amides is 1. The highest BCUT2D eigenvalue weighted by molar-refractivity contribution is 5.92. The van der Waals surface area contributed by atoms with E-state index in [2.05, 4.69) is 41.2 Å². The number of aromatic nitrogens is 1. The van der Waals surface area contributed by atoms with Gasteiger partial charge in [-0.2, -0.15) is 0 Å². The third-order valence-corrected chi connectivity index (χ3v) is 4.83. The quantitative estimate of drug-likeness (QED) is 0.651. The molecule has 28 heavy (non-hydrogen) atoms. The van der Waals surface area contributed by atoms with Crippen molar-refractivity contribution in [1.82, 2.24) is 10.3 Å². The molecule has 0 bridgehead atoms. The van der Waals surface area contributed by atoms with E-state index in [9.17, 15) is 4.79 Å². The lowest BCUT2D eigenvalue weighted by atomic mass is 10.1. The second kappa shape index (κ2) is 9.18. The molecular weight excluding hydrogens is 346 g/mol. The van der Waals surface area contributed by atoms with Gasteiger partial charge in [-0.05, 0) is 49.6 Å². The van der Waals surface area contributed by atoms with Crippen LogP contribution in [0.1, 0.15) is 41.0 Å². The molecule has 0 radical (unpaired) electrons. The lowest BCUT2D eigenvalue weighted by molar-refractivity contribution is 0.0946. The molecule has 0 fully saturated rings. The van der Waals surface area contributed by atoms with Gasteiger partial charge in [-0.15, -0.1) is 0 Å². The summed E-state index contributed by atoms with van der Waals surface area (Å²) in [6.45, 7) is 7.67. The van der Waals surface area contributed by atoms with Crippen LogP contribution in [0.5, 0.6) is 0 Å². The number of carbonyl (C=O) groups excluding carboxylic acids is 1. The molecular formula is C24H27N3O. The molecule has 4 nitrogen and oxygen atoms in total. The second-order valence-corrected chi connectivity index (χ2v) is 7.22. The molecule has 4 heteroatoms. The average molecular weight is 374 g/mol. The summed E-state index contributed by atoms with van der Waals surface area (Å²) in [4.78, 5) is 19.1. The molecule has 0 aliphatic carbocycles. The van der Waals surface area contributed by atoms with Crippen LogP contribution in [0.3, 0.4) is 0 Å². The molecule has 0 unspecified atom stereocenters. The molecule has 0 aliphatic heterocycles. The van der Waals surface area contributed by atoms with Crippen LogP contribution in [0.4, 0.5) is 5.69 Å². The standard InChI is InChI=1S/C24H27N3O/c1-18(2)27(17-20-10-5-4-6-11-20)22-13-14-23(25-16-22)24(28)26-15-21-12-8-7-9-19(21)3/h4-14,16,18H,15,17H2,1-3H3,(H,26,28). The van der Waals surface area contributed by atoms with Gasteiger partial charge in [-0.3, -0.25) is 4.79 Å². The predicted molar refractivity (Wildman–Crippen MR) is 114 cm³/mol. The predicted octanol–water partition coefficient (Wildman–Crippen LogP) is 4.74. The Labute approximate surface area is 167 Å². The second-order valence-electron chi connectivity index (χ2n) is 7.22. The normalized spacial score (nSPS) is 10.7. The molecule has 3 rings (SSSR count). The van der Waals surface area contributed by atoms with Crippen LogP contribution in [0.15, 0.2) is 72.9 Å². The average Bonchev–Trinajstić information content (AvgIpc) is 2.72. The van der Waals surface area contributed by atoms with Gasteiger partial charge in [0, 0.05) is 19.1 Å². The molecule has 0 spiro atoms. The number of hydrogen-bond acceptors (Lipinski definition) is 3. The van der Waals surface area contributed by atoms with E-state index >= 15 is 0 Å². The topological polar surface area (TPSA) is 45.2 Å². The molecule has 1 heterocycles. The summed E-state index contributed by atoms with van der Waals surface area (Å²) in [5.74, 6) is -0.158. The van der Waals surface area contributed by atoms with Gasteiger partial charge in [0.2, 0.25) is 0 Å². The fraction of sp³-hybridized carbons (Fsp3) is 0.250. The van der Waals surface area contributed by atoms with Crippen molar-refractivity contribution in [3.63, 3.8) is 0 Å². The van der Waals surface area contributed by atoms with Crippen molar-refractivity contribution in [2.45, 2.75) is 39.9 Å². The van der Waals surface area contributed by atoms with Crippen LogP contribution in [0, 0.1) is 6.92 Å². The summed E-state index contributed by atoms with van der Waals surface area (Å²) in [7, 11) is 0. The number of benzene rings is 2. The zero-order valence-corrected chi connectivity index (χ0v) is 16.7. The molecule has 0 saturated carbocycles. The third kappa shape index (κ3) is 4.97. The van der Waals surface area contributed by atoms with E-state index in [1.54, 1.807) is 12.3 Å². The highest BCUT2D eigenvalue weighted by Gasteiger charge is 2.13. The zero-order chi connectivity index (χ0) is 19.9. The maximum atomic E-state index is 12.4. The number of anilines is 1. The third-order valence-electron chi connectivity index (χ3n) is 4.83. The van der Waals surface area contributed by atoms with E-state index < -0.39 is 0 Å². The Bertz CT molecular complexity index is 905. The van der Waals surface area contributed by atoms with Crippen LogP contribution in [0.25, 0.3) is 0 Å². The summed E-state index contributed by atoms with van der Waals surface area (Å²) in [6, 6.07) is 22.5. The van der Waals surface area contributed by atoms with E-state index in [0.29, 0.717) is 18.3 Å². The molecule has 1 amide bonds. The van der Waals surface area contributed by atoms with Crippen molar-refractivity contribution in [2.24, 2.45) is 0 Å². The lowest BCUT2D eigenvalue weighted by Gasteiger charge is -2.29. The monoisotopic (exact) mass is 373 g/mol. The number of aryl methyl sites for hydroxylation is 1. The van der Waals surface area contributed by atoms with Crippen LogP contribution < -0.4 is 10.2 Å². The van der Waals surface area contributed by atoms with Gasteiger partial charge in [0.1, 0.15) is 5.69 Å². The maximum Gasteiger partial charge on any atom is 0.270 e. The molecule has 1 aromatic heterocycles. The van der Waals surface area contributed by atoms with Crippen molar-refractivity contribution >= 4 is 11.6 Å². The Morgan fingerprint density at radius 2 is 1.71 bits per heavy atom. The van der Waals surface area contributed by atoms with Crippen LogP contribution in [0.2, 0.25) is 0 Å². The van der Waals surface area contributed by atoms with Crippen molar-refractivity contribution in [3.05, 3.63) is 95.3 Å². The Hall–Kier alpha value is -3.14. The Morgan fingerprint density at radius 3 is 2.36 bits per heavy atom. The molecule has 3 aromatic rings. The van der Waals surface area contributed by atoms with Gasteiger partial charge in [0.25, 0.3) is 5.91 Å². The van der Waals surface area contributed by atoms with Gasteiger partial charge < -0.3 is 10.2 Å². The van der Waals surface area contributed by atoms with E-state index in [0.717, 1.165) is 17.8 Å². The van der Waals surface area contributed by atoms with E-state index in [1.807, 2.05) is 55.5 Å². The van der Waals surface area contributed by atoms with Crippen LogP contribution in [-0.2, 0) is 13.1 Å². The first kappa shape index (κ1) is 19.6. The molecule has 2 aromatic carbocycles. The smallest absolute Gasteiger partial charge is 0.270 e. The van der Waals surface area contributed by atoms with Crippen molar-refractivity contribution in [1.29, 1.82) is 0 Å². The molecule has 0 aliphatic rings. The highest BCUT2D eigenvalue weighted by atomic mass is 16.1. The van der Waals surface area contributed by atoms with Gasteiger partial charge in [-0.25, -0.2) is 4.98 Å². The van der Waals surface area contributed by atoms with E-state index in [-0.39, 0.29) is 5.91 Å². The van der Waals surface area contributed by atoms with E-state index in [4.69, 9.17) is 0 Å². The number of hydrogen-bond donors (Lipinski definition) is 1. The summed E-state index contributed by atoms with van der Waals surface area (Å²) in [6.07, 6.45) is 1.78. The first-order valence-electron chi connectivity index (χ1n) is 9.64. The van der Waals surface area contributed by atoms with Gasteiger partial charge in [0.15, 0.2) is 0 Å². The van der Waals surface area contributed by atoms with E-state index in [1.165, 1.54) is 11.1 Å². The fourth-order valence-corrected chi connectivity index (χ4v) is 3.12. The minimum absolute atomic E-state index is 0.158. The molecule has 144 valence electrons. The van der Waals surface area contributed by atoms with Crippen molar-refractivity contribution in [3.8, 4) is 0 Å². The minimum Gasteiger partial charge on any atom is -0.364 e. The summed E-state index contributed by atoms with van der Waals surface area (Å²) >= 11 is 0. The zero-order valence-electron chi connectivity index (χ0n) is 16.7. The maximum absolute atomic E-state index is 12.4. The summed E-state index contributed by atoms with van der Waals surface area (Å²) < 4.78 is 0. The van der Waals surface area contributed by atoms with Gasteiger partial charge in [-0.1, -0.05) is 54.6 Å². The summed E-state index contributed by atoms with van der Waals surface area (Å²) in [5.41, 5.74) is 4.97. The Morgan fingerprint density at radius 1 is 1.00 bits per heavy atom. The molecule has 0 saturated heterocycles. The first-order valence-corrected chi connectivity index (χ1v) is 9.64. The number of pyridine rings is 1. The van der Waals surface area contributed by atoms with Crippen LogP contribution >= 0.6 is 0 Å². The SMILES string of the molecule is Cc1ccccc1CNC(=O)c1ccc(N(Cc2ccccc2)C(C)C)cn1. The number of nitrogens with one attached hydrogen (secondary N) is 1.